The van der Waals surface area contributed by atoms with E-state index in [0.29, 0.717) is 22.8 Å². The van der Waals surface area contributed by atoms with E-state index in [-0.39, 0.29) is 27.3 Å². The number of anilines is 3. The molecule has 1 N–H and O–H groups in total. The highest BCUT2D eigenvalue weighted by Gasteiger charge is 2.40. The van der Waals surface area contributed by atoms with Crippen molar-refractivity contribution in [3.63, 3.8) is 0 Å². The summed E-state index contributed by atoms with van der Waals surface area (Å²) in [5.74, 6) is -1.59. The van der Waals surface area contributed by atoms with Gasteiger partial charge in [0.1, 0.15) is 10.7 Å². The summed E-state index contributed by atoms with van der Waals surface area (Å²) in [7, 11) is 0. The van der Waals surface area contributed by atoms with Crippen molar-refractivity contribution >= 4 is 69.6 Å². The molecule has 1 aliphatic heterocycles. The summed E-state index contributed by atoms with van der Waals surface area (Å²) in [6, 6.07) is 18.7. The van der Waals surface area contributed by atoms with Crippen molar-refractivity contribution in [3.05, 3.63) is 98.6 Å². The molecule has 6 nitrogen and oxygen atoms in total. The Labute approximate surface area is 217 Å². The topological polar surface area (TPSA) is 69.7 Å². The van der Waals surface area contributed by atoms with Gasteiger partial charge in [0.25, 0.3) is 17.7 Å². The summed E-state index contributed by atoms with van der Waals surface area (Å²) < 4.78 is 0. The number of nitrogens with one attached hydrogen (secondary N) is 1. The maximum atomic E-state index is 13.3. The lowest BCUT2D eigenvalue weighted by atomic mass is 10.1. The first-order chi connectivity index (χ1) is 16.7. The predicted octanol–water partition coefficient (Wildman–Crippen LogP) is 6.40. The molecular weight excluding hydrogens is 509 g/mol. The maximum absolute atomic E-state index is 13.3. The first kappa shape index (κ1) is 24.8. The third-order valence-electron chi connectivity index (χ3n) is 5.43. The fourth-order valence-corrected chi connectivity index (χ4v) is 4.47. The normalized spacial score (nSPS) is 13.5. The highest BCUT2D eigenvalue weighted by molar-refractivity contribution is 6.54. The molecule has 35 heavy (non-hydrogen) atoms. The molecule has 0 unspecified atom stereocenters. The molecule has 4 rings (SSSR count). The second-order valence-corrected chi connectivity index (χ2v) is 9.05. The Hall–Kier alpha value is -3.32. The number of carbonyl (C=O) groups is 3. The van der Waals surface area contributed by atoms with E-state index >= 15 is 0 Å². The number of hydrogen-bond acceptors (Lipinski definition) is 4. The van der Waals surface area contributed by atoms with Gasteiger partial charge in [0.05, 0.1) is 10.7 Å². The number of aryl methyl sites for hydroxylation is 1. The number of imide groups is 1. The first-order valence-corrected chi connectivity index (χ1v) is 11.8. The van der Waals surface area contributed by atoms with Crippen LogP contribution in [0.5, 0.6) is 0 Å². The summed E-state index contributed by atoms with van der Waals surface area (Å²) in [6.45, 7) is 4.33. The molecule has 0 saturated heterocycles. The number of nitrogens with zero attached hydrogens (tertiary/aromatic N) is 2. The Balaban J connectivity index is 1.60. The minimum Gasteiger partial charge on any atom is -0.350 e. The van der Waals surface area contributed by atoms with Crippen molar-refractivity contribution in [3.8, 4) is 0 Å². The molecule has 0 atom stereocenters. The van der Waals surface area contributed by atoms with Crippen molar-refractivity contribution < 1.29 is 14.4 Å². The smallest absolute Gasteiger partial charge is 0.283 e. The molecule has 3 aromatic rings. The van der Waals surface area contributed by atoms with Crippen molar-refractivity contribution in [1.82, 2.24) is 0 Å². The molecule has 0 aliphatic carbocycles. The van der Waals surface area contributed by atoms with Gasteiger partial charge in [-0.05, 0) is 67.9 Å². The van der Waals surface area contributed by atoms with E-state index in [1.165, 1.54) is 18.2 Å². The first-order valence-electron chi connectivity index (χ1n) is 10.7. The van der Waals surface area contributed by atoms with Crippen LogP contribution < -0.4 is 15.1 Å². The lowest BCUT2D eigenvalue weighted by molar-refractivity contribution is -0.120. The van der Waals surface area contributed by atoms with Crippen LogP contribution in [-0.4, -0.2) is 24.3 Å². The Bertz CT molecular complexity index is 1390. The zero-order chi connectivity index (χ0) is 25.3. The van der Waals surface area contributed by atoms with E-state index in [0.717, 1.165) is 16.2 Å². The van der Waals surface area contributed by atoms with Gasteiger partial charge in [-0.15, -0.1) is 0 Å². The molecule has 0 bridgehead atoms. The number of hydrogen-bond donors (Lipinski definition) is 1. The van der Waals surface area contributed by atoms with E-state index in [1.54, 1.807) is 29.2 Å². The molecule has 0 fully saturated rings. The molecule has 0 spiro atoms. The molecule has 0 radical (unpaired) electrons. The van der Waals surface area contributed by atoms with Crippen LogP contribution in [0.1, 0.15) is 22.8 Å². The Morgan fingerprint density at radius 2 is 1.69 bits per heavy atom. The van der Waals surface area contributed by atoms with Gasteiger partial charge in [-0.1, -0.05) is 53.0 Å². The van der Waals surface area contributed by atoms with Crippen LogP contribution in [-0.2, 0) is 9.59 Å². The van der Waals surface area contributed by atoms with Crippen LogP contribution in [0, 0.1) is 6.92 Å². The van der Waals surface area contributed by atoms with Crippen LogP contribution in [0.15, 0.2) is 77.5 Å². The number of benzene rings is 3. The van der Waals surface area contributed by atoms with Gasteiger partial charge in [0.2, 0.25) is 0 Å². The molecule has 0 saturated carbocycles. The fourth-order valence-electron chi connectivity index (χ4n) is 3.76. The number of carbonyl (C=O) groups excluding carboxylic acids is 3. The van der Waals surface area contributed by atoms with Gasteiger partial charge in [-0.3, -0.25) is 14.4 Å². The van der Waals surface area contributed by atoms with Gasteiger partial charge in [-0.2, -0.15) is 0 Å². The van der Waals surface area contributed by atoms with E-state index in [9.17, 15) is 14.4 Å². The lowest BCUT2D eigenvalue weighted by Crippen LogP contribution is -2.32. The summed E-state index contributed by atoms with van der Waals surface area (Å²) in [4.78, 5) is 41.7. The van der Waals surface area contributed by atoms with Crippen LogP contribution in [0.4, 0.5) is 17.1 Å². The molecule has 1 aliphatic rings. The predicted molar refractivity (Wildman–Crippen MR) is 140 cm³/mol. The Kier molecular flexibility index (Phi) is 7.17. The van der Waals surface area contributed by atoms with E-state index in [2.05, 4.69) is 5.32 Å². The van der Waals surface area contributed by atoms with Crippen LogP contribution >= 0.6 is 34.8 Å². The standard InChI is InChI=1S/C26H20Cl3N3O3/c1-3-31(19-9-4-6-15(2)12-19)24(33)16-7-5-8-18(13-16)30-23-22(29)25(34)32(26(23)35)21-11-10-17(27)14-20(21)28/h4-14,30H,3H2,1-2H3. The van der Waals surface area contributed by atoms with E-state index in [4.69, 9.17) is 34.8 Å². The van der Waals surface area contributed by atoms with Gasteiger partial charge >= 0.3 is 0 Å². The summed E-state index contributed by atoms with van der Waals surface area (Å²) in [5, 5.41) is 3.11. The van der Waals surface area contributed by atoms with E-state index < -0.39 is 11.8 Å². The van der Waals surface area contributed by atoms with Crippen LogP contribution in [0.2, 0.25) is 10.0 Å². The molecule has 9 heteroatoms. The van der Waals surface area contributed by atoms with Crippen molar-refractivity contribution in [1.29, 1.82) is 0 Å². The summed E-state index contributed by atoms with van der Waals surface area (Å²) in [5.41, 5.74) is 2.72. The minimum absolute atomic E-state index is 0.113. The quantitative estimate of drug-likeness (QED) is 0.376. The van der Waals surface area contributed by atoms with Gasteiger partial charge in [-0.25, -0.2) is 4.90 Å². The molecular formula is C26H20Cl3N3O3. The second-order valence-electron chi connectivity index (χ2n) is 7.82. The van der Waals surface area contributed by atoms with E-state index in [1.807, 2.05) is 38.1 Å². The second kappa shape index (κ2) is 10.1. The zero-order valence-corrected chi connectivity index (χ0v) is 21.1. The molecule has 1 heterocycles. The average Bonchev–Trinajstić information content (AvgIpc) is 3.03. The highest BCUT2D eigenvalue weighted by Crippen LogP contribution is 2.35. The van der Waals surface area contributed by atoms with Crippen molar-refractivity contribution in [2.24, 2.45) is 0 Å². The molecule has 3 amide bonds. The molecule has 0 aromatic heterocycles. The number of rotatable bonds is 6. The largest absolute Gasteiger partial charge is 0.350 e. The van der Waals surface area contributed by atoms with Crippen LogP contribution in [0.3, 0.4) is 0 Å². The van der Waals surface area contributed by atoms with Crippen molar-refractivity contribution in [2.75, 3.05) is 21.7 Å². The molecule has 3 aromatic carbocycles. The van der Waals surface area contributed by atoms with Gasteiger partial charge in [0.15, 0.2) is 0 Å². The average molecular weight is 529 g/mol. The number of halogens is 3. The summed E-state index contributed by atoms with van der Waals surface area (Å²) >= 11 is 18.4. The molecule has 178 valence electrons. The van der Waals surface area contributed by atoms with Crippen molar-refractivity contribution in [2.45, 2.75) is 13.8 Å². The SMILES string of the molecule is CCN(C(=O)c1cccc(NC2=C(Cl)C(=O)N(c3ccc(Cl)cc3Cl)C2=O)c1)c1cccc(C)c1. The minimum atomic E-state index is -0.716. The fraction of sp³-hybridized carbons (Fsp3) is 0.115. The highest BCUT2D eigenvalue weighted by atomic mass is 35.5. The third-order valence-corrected chi connectivity index (χ3v) is 6.32. The Morgan fingerprint density at radius 3 is 2.37 bits per heavy atom. The van der Waals surface area contributed by atoms with Gasteiger partial charge in [0, 0.05) is 28.5 Å². The third kappa shape index (κ3) is 4.91. The lowest BCUT2D eigenvalue weighted by Gasteiger charge is -2.22. The monoisotopic (exact) mass is 527 g/mol. The Morgan fingerprint density at radius 1 is 0.943 bits per heavy atom. The number of amides is 3. The summed E-state index contributed by atoms with van der Waals surface area (Å²) in [6.07, 6.45) is 0. The van der Waals surface area contributed by atoms with Gasteiger partial charge < -0.3 is 10.2 Å². The maximum Gasteiger partial charge on any atom is 0.283 e. The zero-order valence-electron chi connectivity index (χ0n) is 18.8. The van der Waals surface area contributed by atoms with Crippen LogP contribution in [0.25, 0.3) is 0 Å².